The number of nitrogens with two attached hydrogens (primary N) is 1. The minimum absolute atomic E-state index is 0.574. The highest BCUT2D eigenvalue weighted by Crippen LogP contribution is 2.16. The first-order valence-corrected chi connectivity index (χ1v) is 5.87. The lowest BCUT2D eigenvalue weighted by atomic mass is 10.2. The number of nitrogens with one attached hydrogen (secondary N) is 2. The number of nitrogens with zero attached hydrogens (tertiary/aromatic N) is 2. The molecule has 0 aliphatic carbocycles. The molecule has 0 radical (unpaired) electrons. The van der Waals surface area contributed by atoms with Crippen LogP contribution in [-0.4, -0.2) is 23.1 Å². The van der Waals surface area contributed by atoms with Crippen LogP contribution in [0.3, 0.4) is 0 Å². The average Bonchev–Trinajstić information content (AvgIpc) is 2.40. The summed E-state index contributed by atoms with van der Waals surface area (Å²) in [4.78, 5) is 8.29. The molecule has 0 atom stereocenters. The largest absolute Gasteiger partial charge is 0.369 e. The maximum atomic E-state index is 5.43. The smallest absolute Gasteiger partial charge is 0.135 e. The number of rotatable bonds is 5. The second-order valence-corrected chi connectivity index (χ2v) is 3.99. The van der Waals surface area contributed by atoms with Crippen LogP contribution in [0.2, 0.25) is 0 Å². The van der Waals surface area contributed by atoms with Gasteiger partial charge in [-0.05, 0) is 19.1 Å². The molecule has 0 aliphatic heterocycles. The molecule has 2 aromatic rings. The van der Waals surface area contributed by atoms with E-state index >= 15 is 0 Å². The van der Waals surface area contributed by atoms with Gasteiger partial charge in [0, 0.05) is 24.8 Å². The minimum Gasteiger partial charge on any atom is -0.369 e. The fourth-order valence-electron chi connectivity index (χ4n) is 1.51. The Labute approximate surface area is 106 Å². The Hall–Kier alpha value is -2.14. The summed E-state index contributed by atoms with van der Waals surface area (Å²) < 4.78 is 0. The van der Waals surface area contributed by atoms with Gasteiger partial charge in [-0.2, -0.15) is 0 Å². The Morgan fingerprint density at radius 3 is 2.56 bits per heavy atom. The summed E-state index contributed by atoms with van der Waals surface area (Å²) in [7, 11) is 0. The maximum Gasteiger partial charge on any atom is 0.135 e. The van der Waals surface area contributed by atoms with Gasteiger partial charge in [-0.25, -0.2) is 9.97 Å². The van der Waals surface area contributed by atoms with Gasteiger partial charge >= 0.3 is 0 Å². The number of hydrogen-bond donors (Lipinski definition) is 3. The highest BCUT2D eigenvalue weighted by molar-refractivity contribution is 5.58. The van der Waals surface area contributed by atoms with Crippen molar-refractivity contribution in [3.63, 3.8) is 0 Å². The maximum absolute atomic E-state index is 5.43. The topological polar surface area (TPSA) is 75.9 Å². The molecule has 18 heavy (non-hydrogen) atoms. The lowest BCUT2D eigenvalue weighted by Gasteiger charge is -2.08. The highest BCUT2D eigenvalue weighted by Gasteiger charge is 1.98. The van der Waals surface area contributed by atoms with E-state index in [1.54, 1.807) is 0 Å². The predicted molar refractivity (Wildman–Crippen MR) is 74.0 cm³/mol. The van der Waals surface area contributed by atoms with Crippen LogP contribution >= 0.6 is 0 Å². The third kappa shape index (κ3) is 3.43. The molecule has 1 heterocycles. The van der Waals surface area contributed by atoms with Gasteiger partial charge in [0.1, 0.15) is 18.0 Å². The zero-order chi connectivity index (χ0) is 12.8. The van der Waals surface area contributed by atoms with Crippen LogP contribution < -0.4 is 16.4 Å². The van der Waals surface area contributed by atoms with Crippen molar-refractivity contribution in [1.29, 1.82) is 0 Å². The van der Waals surface area contributed by atoms with Crippen LogP contribution in [0.1, 0.15) is 5.56 Å². The van der Waals surface area contributed by atoms with Crippen molar-refractivity contribution in [1.82, 2.24) is 9.97 Å². The van der Waals surface area contributed by atoms with Crippen molar-refractivity contribution in [3.8, 4) is 0 Å². The van der Waals surface area contributed by atoms with E-state index in [1.165, 1.54) is 11.9 Å². The number of hydrogen-bond acceptors (Lipinski definition) is 5. The zero-order valence-electron chi connectivity index (χ0n) is 10.4. The summed E-state index contributed by atoms with van der Waals surface area (Å²) in [5.41, 5.74) is 7.66. The molecule has 0 unspecified atom stereocenters. The Balaban J connectivity index is 2.06. The molecular formula is C13H17N5. The minimum atomic E-state index is 0.574. The van der Waals surface area contributed by atoms with Crippen molar-refractivity contribution in [3.05, 3.63) is 42.2 Å². The van der Waals surface area contributed by atoms with Crippen molar-refractivity contribution >= 4 is 17.3 Å². The van der Waals surface area contributed by atoms with Gasteiger partial charge in [0.05, 0.1) is 0 Å². The molecule has 5 heteroatoms. The fourth-order valence-corrected chi connectivity index (χ4v) is 1.51. The molecule has 1 aromatic carbocycles. The molecule has 2 rings (SSSR count). The van der Waals surface area contributed by atoms with E-state index in [0.29, 0.717) is 13.1 Å². The SMILES string of the molecule is Cc1ccc(Nc2cc(NCCN)ncn2)cc1. The third-order valence-corrected chi connectivity index (χ3v) is 2.44. The first-order chi connectivity index (χ1) is 8.78. The number of aryl methyl sites for hydroxylation is 1. The molecule has 0 bridgehead atoms. The van der Waals surface area contributed by atoms with Crippen LogP contribution in [0, 0.1) is 6.92 Å². The van der Waals surface area contributed by atoms with E-state index < -0.39 is 0 Å². The first kappa shape index (κ1) is 12.3. The van der Waals surface area contributed by atoms with Gasteiger partial charge in [-0.3, -0.25) is 0 Å². The summed E-state index contributed by atoms with van der Waals surface area (Å²) >= 11 is 0. The van der Waals surface area contributed by atoms with Gasteiger partial charge in [-0.15, -0.1) is 0 Å². The summed E-state index contributed by atoms with van der Waals surface area (Å²) in [6.45, 7) is 3.33. The first-order valence-electron chi connectivity index (χ1n) is 5.87. The van der Waals surface area contributed by atoms with Crippen molar-refractivity contribution in [2.75, 3.05) is 23.7 Å². The standard InChI is InChI=1S/C13H17N5/c1-10-2-4-11(5-3-10)18-13-8-12(15-7-6-14)16-9-17-13/h2-5,8-9H,6-7,14H2,1H3,(H2,15,16,17,18). The lowest BCUT2D eigenvalue weighted by Crippen LogP contribution is -2.14. The fraction of sp³-hybridized carbons (Fsp3) is 0.231. The van der Waals surface area contributed by atoms with E-state index in [2.05, 4.69) is 39.7 Å². The average molecular weight is 243 g/mol. The predicted octanol–water partition coefficient (Wildman–Crippen LogP) is 1.90. The van der Waals surface area contributed by atoms with Gasteiger partial charge in [-0.1, -0.05) is 17.7 Å². The molecular weight excluding hydrogens is 226 g/mol. The van der Waals surface area contributed by atoms with E-state index in [-0.39, 0.29) is 0 Å². The quantitative estimate of drug-likeness (QED) is 0.747. The summed E-state index contributed by atoms with van der Waals surface area (Å²) in [5, 5.41) is 6.34. The molecule has 1 aromatic heterocycles. The van der Waals surface area contributed by atoms with Gasteiger partial charge < -0.3 is 16.4 Å². The summed E-state index contributed by atoms with van der Waals surface area (Å²) in [6, 6.07) is 10.00. The molecule has 94 valence electrons. The monoisotopic (exact) mass is 243 g/mol. The molecule has 0 saturated heterocycles. The van der Waals surface area contributed by atoms with Crippen molar-refractivity contribution in [2.45, 2.75) is 6.92 Å². The van der Waals surface area contributed by atoms with Crippen molar-refractivity contribution in [2.24, 2.45) is 5.73 Å². The second-order valence-electron chi connectivity index (χ2n) is 3.99. The molecule has 0 amide bonds. The highest BCUT2D eigenvalue weighted by atomic mass is 15.1. The van der Waals surface area contributed by atoms with E-state index in [4.69, 9.17) is 5.73 Å². The molecule has 0 spiro atoms. The number of aromatic nitrogens is 2. The second kappa shape index (κ2) is 5.97. The number of benzene rings is 1. The molecule has 0 saturated carbocycles. The zero-order valence-corrected chi connectivity index (χ0v) is 10.4. The van der Waals surface area contributed by atoms with E-state index in [1.807, 2.05) is 18.2 Å². The Morgan fingerprint density at radius 1 is 1.11 bits per heavy atom. The van der Waals surface area contributed by atoms with Crippen LogP contribution in [-0.2, 0) is 0 Å². The van der Waals surface area contributed by atoms with Gasteiger partial charge in [0.15, 0.2) is 0 Å². The molecule has 5 nitrogen and oxygen atoms in total. The van der Waals surface area contributed by atoms with E-state index in [9.17, 15) is 0 Å². The molecule has 0 fully saturated rings. The van der Waals surface area contributed by atoms with Crippen LogP contribution in [0.25, 0.3) is 0 Å². The van der Waals surface area contributed by atoms with E-state index in [0.717, 1.165) is 17.3 Å². The Bertz CT molecular complexity index is 495. The molecule has 4 N–H and O–H groups in total. The third-order valence-electron chi connectivity index (χ3n) is 2.44. The van der Waals surface area contributed by atoms with Gasteiger partial charge in [0.2, 0.25) is 0 Å². The summed E-state index contributed by atoms with van der Waals surface area (Å²) in [5.74, 6) is 1.53. The number of anilines is 3. The Kier molecular flexibility index (Phi) is 4.09. The summed E-state index contributed by atoms with van der Waals surface area (Å²) in [6.07, 6.45) is 1.52. The van der Waals surface area contributed by atoms with Gasteiger partial charge in [0.25, 0.3) is 0 Å². The molecule has 0 aliphatic rings. The normalized spacial score (nSPS) is 10.1. The lowest BCUT2D eigenvalue weighted by molar-refractivity contribution is 1.00. The van der Waals surface area contributed by atoms with Crippen molar-refractivity contribution < 1.29 is 0 Å². The van der Waals surface area contributed by atoms with Crippen LogP contribution in [0.15, 0.2) is 36.7 Å². The van der Waals surface area contributed by atoms with Crippen LogP contribution in [0.4, 0.5) is 17.3 Å². The van der Waals surface area contributed by atoms with Crippen LogP contribution in [0.5, 0.6) is 0 Å². The Morgan fingerprint density at radius 2 is 1.83 bits per heavy atom.